The standard InChI is InChI=1S/C27H33NO6/c1-5-12-22(25(31)34-27(2,3)4)23(24(29)30)18-28(17-20-13-8-6-9-14-20)26(32)33-19-21-15-10-7-11-16-21/h5-11,13-16,22-23H,1,12,17-19H2,2-4H3,(H,29,30). The fourth-order valence-electron chi connectivity index (χ4n) is 3.41. The summed E-state index contributed by atoms with van der Waals surface area (Å²) in [4.78, 5) is 39.5. The third-order valence-corrected chi connectivity index (χ3v) is 5.03. The van der Waals surface area contributed by atoms with Crippen molar-refractivity contribution in [2.45, 2.75) is 45.9 Å². The Morgan fingerprint density at radius 3 is 2.03 bits per heavy atom. The van der Waals surface area contributed by atoms with Gasteiger partial charge in [-0.1, -0.05) is 66.7 Å². The monoisotopic (exact) mass is 467 g/mol. The van der Waals surface area contributed by atoms with E-state index in [1.807, 2.05) is 60.7 Å². The summed E-state index contributed by atoms with van der Waals surface area (Å²) in [6.45, 7) is 8.76. The van der Waals surface area contributed by atoms with E-state index in [4.69, 9.17) is 9.47 Å². The lowest BCUT2D eigenvalue weighted by atomic mass is 9.88. The van der Waals surface area contributed by atoms with Gasteiger partial charge >= 0.3 is 18.0 Å². The van der Waals surface area contributed by atoms with Gasteiger partial charge in [0.2, 0.25) is 0 Å². The molecule has 0 heterocycles. The molecule has 0 aliphatic rings. The zero-order valence-electron chi connectivity index (χ0n) is 20.0. The maximum atomic E-state index is 13.0. The summed E-state index contributed by atoms with van der Waals surface area (Å²) in [5.74, 6) is -4.06. The molecule has 34 heavy (non-hydrogen) atoms. The highest BCUT2D eigenvalue weighted by molar-refractivity contribution is 5.82. The highest BCUT2D eigenvalue weighted by Gasteiger charge is 2.38. The quantitative estimate of drug-likeness (QED) is 0.367. The lowest BCUT2D eigenvalue weighted by Crippen LogP contribution is -2.43. The van der Waals surface area contributed by atoms with Gasteiger partial charge in [-0.3, -0.25) is 9.59 Å². The molecule has 7 nitrogen and oxygen atoms in total. The molecule has 2 aromatic rings. The summed E-state index contributed by atoms with van der Waals surface area (Å²) in [5, 5.41) is 10.0. The first-order chi connectivity index (χ1) is 16.1. The van der Waals surface area contributed by atoms with E-state index in [9.17, 15) is 19.5 Å². The van der Waals surface area contributed by atoms with E-state index < -0.39 is 35.5 Å². The molecule has 0 bridgehead atoms. The van der Waals surface area contributed by atoms with Crippen LogP contribution in [0.2, 0.25) is 0 Å². The summed E-state index contributed by atoms with van der Waals surface area (Å²) in [5.41, 5.74) is 0.835. The van der Waals surface area contributed by atoms with Gasteiger partial charge in [-0.05, 0) is 38.3 Å². The first kappa shape index (κ1) is 26.6. The smallest absolute Gasteiger partial charge is 0.410 e. The van der Waals surface area contributed by atoms with Crippen LogP contribution in [0.1, 0.15) is 38.3 Å². The lowest BCUT2D eigenvalue weighted by molar-refractivity contribution is -0.167. The second-order valence-corrected chi connectivity index (χ2v) is 9.02. The van der Waals surface area contributed by atoms with Crippen molar-refractivity contribution in [1.29, 1.82) is 0 Å². The highest BCUT2D eigenvalue weighted by atomic mass is 16.6. The predicted octanol–water partition coefficient (Wildman–Crippen LogP) is 5.06. The number of ether oxygens (including phenoxy) is 2. The van der Waals surface area contributed by atoms with Gasteiger partial charge in [0.05, 0.1) is 11.8 Å². The molecule has 0 aliphatic carbocycles. The number of aliphatic carboxylic acids is 1. The second kappa shape index (κ2) is 12.6. The Labute approximate surface area is 201 Å². The van der Waals surface area contributed by atoms with E-state index in [0.717, 1.165) is 11.1 Å². The Bertz CT molecular complexity index is 952. The van der Waals surface area contributed by atoms with Crippen molar-refractivity contribution in [2.75, 3.05) is 6.54 Å². The average molecular weight is 468 g/mol. The van der Waals surface area contributed by atoms with Gasteiger partial charge in [0.1, 0.15) is 12.2 Å². The summed E-state index contributed by atoms with van der Waals surface area (Å²) in [7, 11) is 0. The Hall–Kier alpha value is -3.61. The minimum Gasteiger partial charge on any atom is -0.481 e. The maximum absolute atomic E-state index is 13.0. The van der Waals surface area contributed by atoms with Crippen LogP contribution in [0.3, 0.4) is 0 Å². The van der Waals surface area contributed by atoms with Crippen molar-refractivity contribution in [2.24, 2.45) is 11.8 Å². The normalized spacial score (nSPS) is 12.8. The van der Waals surface area contributed by atoms with Crippen molar-refractivity contribution in [3.63, 3.8) is 0 Å². The predicted molar refractivity (Wildman–Crippen MR) is 129 cm³/mol. The fraction of sp³-hybridized carbons (Fsp3) is 0.370. The molecule has 1 N–H and O–H groups in total. The van der Waals surface area contributed by atoms with E-state index >= 15 is 0 Å². The fourth-order valence-corrected chi connectivity index (χ4v) is 3.41. The Balaban J connectivity index is 2.27. The number of esters is 1. The van der Waals surface area contributed by atoms with E-state index in [0.29, 0.717) is 0 Å². The highest BCUT2D eigenvalue weighted by Crippen LogP contribution is 2.24. The molecule has 0 aromatic heterocycles. The van der Waals surface area contributed by atoms with Gasteiger partial charge in [0.15, 0.2) is 0 Å². The summed E-state index contributed by atoms with van der Waals surface area (Å²) >= 11 is 0. The van der Waals surface area contributed by atoms with Crippen molar-refractivity contribution in [1.82, 2.24) is 4.90 Å². The number of rotatable bonds is 11. The molecular weight excluding hydrogens is 434 g/mol. The number of nitrogens with zero attached hydrogens (tertiary/aromatic N) is 1. The Kier molecular flexibility index (Phi) is 9.86. The largest absolute Gasteiger partial charge is 0.481 e. The molecule has 1 amide bonds. The van der Waals surface area contributed by atoms with E-state index in [1.54, 1.807) is 20.8 Å². The van der Waals surface area contributed by atoms with Gasteiger partial charge in [-0.15, -0.1) is 6.58 Å². The number of carboxylic acids is 1. The topological polar surface area (TPSA) is 93.1 Å². The second-order valence-electron chi connectivity index (χ2n) is 9.02. The molecule has 2 unspecified atom stereocenters. The van der Waals surface area contributed by atoms with Crippen molar-refractivity contribution >= 4 is 18.0 Å². The molecule has 0 radical (unpaired) electrons. The van der Waals surface area contributed by atoms with E-state index in [-0.39, 0.29) is 26.1 Å². The molecular formula is C27H33NO6. The van der Waals surface area contributed by atoms with Crippen LogP contribution in [0.4, 0.5) is 4.79 Å². The van der Waals surface area contributed by atoms with Crippen LogP contribution in [0.25, 0.3) is 0 Å². The molecule has 0 aliphatic heterocycles. The van der Waals surface area contributed by atoms with Crippen LogP contribution >= 0.6 is 0 Å². The molecule has 0 saturated heterocycles. The lowest BCUT2D eigenvalue weighted by Gasteiger charge is -2.30. The van der Waals surface area contributed by atoms with Gasteiger partial charge in [0, 0.05) is 13.1 Å². The minimum absolute atomic E-state index is 0.0465. The number of carbonyl (C=O) groups excluding carboxylic acids is 2. The molecule has 2 aromatic carbocycles. The number of benzene rings is 2. The van der Waals surface area contributed by atoms with E-state index in [1.165, 1.54) is 11.0 Å². The molecule has 0 saturated carbocycles. The van der Waals surface area contributed by atoms with Crippen LogP contribution in [0, 0.1) is 11.8 Å². The molecule has 2 rings (SSSR count). The first-order valence-electron chi connectivity index (χ1n) is 11.2. The average Bonchev–Trinajstić information content (AvgIpc) is 2.79. The maximum Gasteiger partial charge on any atom is 0.410 e. The van der Waals surface area contributed by atoms with Crippen LogP contribution in [0.5, 0.6) is 0 Å². The zero-order valence-corrected chi connectivity index (χ0v) is 20.0. The minimum atomic E-state index is -1.21. The van der Waals surface area contributed by atoms with Gasteiger partial charge in [0.25, 0.3) is 0 Å². The number of hydrogen-bond donors (Lipinski definition) is 1. The van der Waals surface area contributed by atoms with Crippen molar-refractivity contribution in [3.8, 4) is 0 Å². The van der Waals surface area contributed by atoms with Crippen molar-refractivity contribution < 1.29 is 29.0 Å². The number of hydrogen-bond acceptors (Lipinski definition) is 5. The molecule has 0 spiro atoms. The third-order valence-electron chi connectivity index (χ3n) is 5.03. The molecule has 182 valence electrons. The summed E-state index contributed by atoms with van der Waals surface area (Å²) in [6.07, 6.45) is 0.921. The Morgan fingerprint density at radius 1 is 0.971 bits per heavy atom. The zero-order chi connectivity index (χ0) is 25.1. The first-order valence-corrected chi connectivity index (χ1v) is 11.2. The SMILES string of the molecule is C=CCC(C(=O)OC(C)(C)C)C(CN(Cc1ccccc1)C(=O)OCc1ccccc1)C(=O)O. The third kappa shape index (κ3) is 8.73. The van der Waals surface area contributed by atoms with Gasteiger partial charge < -0.3 is 19.5 Å². The number of allylic oxidation sites excluding steroid dienone is 1. The molecule has 7 heteroatoms. The van der Waals surface area contributed by atoms with E-state index in [2.05, 4.69) is 6.58 Å². The summed E-state index contributed by atoms with van der Waals surface area (Å²) in [6, 6.07) is 18.4. The Morgan fingerprint density at radius 2 is 1.53 bits per heavy atom. The van der Waals surface area contributed by atoms with Crippen LogP contribution in [-0.4, -0.2) is 40.2 Å². The number of amides is 1. The number of carbonyl (C=O) groups is 3. The summed E-state index contributed by atoms with van der Waals surface area (Å²) < 4.78 is 10.9. The van der Waals surface area contributed by atoms with Gasteiger partial charge in [-0.25, -0.2) is 4.79 Å². The molecule has 2 atom stereocenters. The van der Waals surface area contributed by atoms with Crippen LogP contribution in [-0.2, 0) is 32.2 Å². The van der Waals surface area contributed by atoms with Gasteiger partial charge in [-0.2, -0.15) is 0 Å². The van der Waals surface area contributed by atoms with Crippen molar-refractivity contribution in [3.05, 3.63) is 84.4 Å². The molecule has 0 fully saturated rings. The number of carboxylic acid groups (broad SMARTS) is 1. The van der Waals surface area contributed by atoms with Crippen LogP contribution in [0.15, 0.2) is 73.3 Å². The van der Waals surface area contributed by atoms with Crippen LogP contribution < -0.4 is 0 Å².